The average Bonchev–Trinajstić information content (AvgIpc) is 2.68. The molecule has 0 spiro atoms. The van der Waals surface area contributed by atoms with Crippen molar-refractivity contribution in [2.24, 2.45) is 0 Å². The molecule has 0 aromatic heterocycles. The largest absolute Gasteiger partial charge is 0.152 e. The van der Waals surface area contributed by atoms with E-state index in [1.807, 2.05) is 0 Å². The quantitative estimate of drug-likeness (QED) is 0.398. The van der Waals surface area contributed by atoms with Crippen molar-refractivity contribution in [3.63, 3.8) is 0 Å². The van der Waals surface area contributed by atoms with Gasteiger partial charge in [0.25, 0.3) is 0 Å². The number of benzene rings is 3. The average molecular weight is 308 g/mol. The van der Waals surface area contributed by atoms with Gasteiger partial charge in [0, 0.05) is 0 Å². The summed E-state index contributed by atoms with van der Waals surface area (Å²) in [6, 6.07) is 17.4. The third-order valence-electron chi connectivity index (χ3n) is 4.45. The lowest BCUT2D eigenvalue weighted by atomic mass is 9.94. The molecule has 1 aliphatic carbocycles. The minimum Gasteiger partial charge on any atom is -0.152 e. The molecular weight excluding hydrogens is 292 g/mol. The van der Waals surface area contributed by atoms with E-state index < -0.39 is 4.08 Å². The standard InChI is InChI=1S/C19H16S2/c1-11-7-8-15-16(9-11)19(20,21)17-10-12(2)13-5-3-4-6-14(13)18(15)17/h3-10,20-21H,1-2H3. The molecule has 0 nitrogen and oxygen atoms in total. The van der Waals surface area contributed by atoms with Crippen molar-refractivity contribution < 1.29 is 0 Å². The minimum absolute atomic E-state index is 0.522. The number of aryl methyl sites for hydroxylation is 2. The van der Waals surface area contributed by atoms with Gasteiger partial charge in [0.1, 0.15) is 4.08 Å². The van der Waals surface area contributed by atoms with Crippen molar-refractivity contribution in [3.05, 3.63) is 70.8 Å². The van der Waals surface area contributed by atoms with Gasteiger partial charge in [0.15, 0.2) is 0 Å². The zero-order valence-corrected chi connectivity index (χ0v) is 13.8. The fourth-order valence-electron chi connectivity index (χ4n) is 3.43. The number of hydrogen-bond donors (Lipinski definition) is 2. The van der Waals surface area contributed by atoms with Gasteiger partial charge in [-0.25, -0.2) is 0 Å². The maximum atomic E-state index is 4.89. The monoisotopic (exact) mass is 308 g/mol. The van der Waals surface area contributed by atoms with Crippen molar-refractivity contribution >= 4 is 36.0 Å². The van der Waals surface area contributed by atoms with Gasteiger partial charge in [-0.2, -0.15) is 25.3 Å². The van der Waals surface area contributed by atoms with Gasteiger partial charge in [-0.3, -0.25) is 0 Å². The van der Waals surface area contributed by atoms with E-state index in [1.165, 1.54) is 44.2 Å². The molecule has 0 heterocycles. The van der Waals surface area contributed by atoms with Crippen LogP contribution in [0.3, 0.4) is 0 Å². The molecule has 0 bridgehead atoms. The topological polar surface area (TPSA) is 0 Å². The molecule has 21 heavy (non-hydrogen) atoms. The molecule has 4 rings (SSSR count). The van der Waals surface area contributed by atoms with E-state index in [0.29, 0.717) is 0 Å². The van der Waals surface area contributed by atoms with Crippen molar-refractivity contribution in [1.29, 1.82) is 0 Å². The highest BCUT2D eigenvalue weighted by molar-refractivity contribution is 8.00. The first-order chi connectivity index (χ1) is 10.00. The van der Waals surface area contributed by atoms with E-state index in [2.05, 4.69) is 62.4 Å². The van der Waals surface area contributed by atoms with Crippen LogP contribution in [0.2, 0.25) is 0 Å². The van der Waals surface area contributed by atoms with Crippen molar-refractivity contribution in [2.45, 2.75) is 17.9 Å². The molecule has 0 fully saturated rings. The van der Waals surface area contributed by atoms with Crippen molar-refractivity contribution in [1.82, 2.24) is 0 Å². The van der Waals surface area contributed by atoms with Crippen LogP contribution in [0.15, 0.2) is 48.5 Å². The summed E-state index contributed by atoms with van der Waals surface area (Å²) >= 11 is 9.78. The lowest BCUT2D eigenvalue weighted by Crippen LogP contribution is -2.08. The Kier molecular flexibility index (Phi) is 2.73. The van der Waals surface area contributed by atoms with Gasteiger partial charge in [-0.05, 0) is 52.4 Å². The first-order valence-corrected chi connectivity index (χ1v) is 7.98. The Morgan fingerprint density at radius 3 is 2.29 bits per heavy atom. The van der Waals surface area contributed by atoms with Gasteiger partial charge in [-0.15, -0.1) is 0 Å². The third-order valence-corrected chi connectivity index (χ3v) is 5.41. The maximum Gasteiger partial charge on any atom is 0.107 e. The molecule has 0 N–H and O–H groups in total. The van der Waals surface area contributed by atoms with Crippen LogP contribution in [0.5, 0.6) is 0 Å². The Balaban J connectivity index is 2.22. The summed E-state index contributed by atoms with van der Waals surface area (Å²) in [7, 11) is 0. The number of hydrogen-bond acceptors (Lipinski definition) is 2. The van der Waals surface area contributed by atoms with E-state index in [1.54, 1.807) is 0 Å². The number of rotatable bonds is 0. The van der Waals surface area contributed by atoms with E-state index >= 15 is 0 Å². The lowest BCUT2D eigenvalue weighted by Gasteiger charge is -2.20. The van der Waals surface area contributed by atoms with Gasteiger partial charge in [0.2, 0.25) is 0 Å². The molecule has 104 valence electrons. The zero-order chi connectivity index (χ0) is 14.8. The Labute approximate surface area is 136 Å². The van der Waals surface area contributed by atoms with Crippen LogP contribution in [0, 0.1) is 13.8 Å². The highest BCUT2D eigenvalue weighted by Gasteiger charge is 2.38. The predicted molar refractivity (Wildman–Crippen MR) is 97.6 cm³/mol. The predicted octanol–water partition coefficient (Wildman–Crippen LogP) is 5.50. The van der Waals surface area contributed by atoms with E-state index in [9.17, 15) is 0 Å². The molecule has 0 atom stereocenters. The molecule has 0 unspecified atom stereocenters. The maximum absolute atomic E-state index is 4.89. The van der Waals surface area contributed by atoms with Crippen LogP contribution in [-0.4, -0.2) is 0 Å². The van der Waals surface area contributed by atoms with Gasteiger partial charge in [0.05, 0.1) is 0 Å². The first kappa shape index (κ1) is 13.3. The Hall–Kier alpha value is -1.38. The van der Waals surface area contributed by atoms with Crippen molar-refractivity contribution in [3.8, 4) is 11.1 Å². The number of fused-ring (bicyclic) bond motifs is 5. The molecule has 1 aliphatic rings. The molecule has 0 saturated carbocycles. The summed E-state index contributed by atoms with van der Waals surface area (Å²) < 4.78 is -0.522. The molecule has 0 saturated heterocycles. The second-order valence-corrected chi connectivity index (χ2v) is 7.58. The summed E-state index contributed by atoms with van der Waals surface area (Å²) in [5.41, 5.74) is 7.47. The second kappa shape index (κ2) is 4.31. The van der Waals surface area contributed by atoms with Gasteiger partial charge in [-0.1, -0.05) is 54.1 Å². The van der Waals surface area contributed by atoms with Crippen LogP contribution in [-0.2, 0) is 4.08 Å². The normalized spacial score (nSPS) is 15.0. The van der Waals surface area contributed by atoms with Crippen LogP contribution in [0.4, 0.5) is 0 Å². The number of thiol groups is 2. The molecule has 0 radical (unpaired) electrons. The summed E-state index contributed by atoms with van der Waals surface area (Å²) in [4.78, 5) is 0. The van der Waals surface area contributed by atoms with E-state index in [4.69, 9.17) is 25.3 Å². The molecular formula is C19H16S2. The second-order valence-electron chi connectivity index (χ2n) is 5.88. The summed E-state index contributed by atoms with van der Waals surface area (Å²) in [6.45, 7) is 4.28. The summed E-state index contributed by atoms with van der Waals surface area (Å²) in [6.07, 6.45) is 0. The summed E-state index contributed by atoms with van der Waals surface area (Å²) in [5, 5.41) is 2.60. The highest BCUT2D eigenvalue weighted by atomic mass is 32.2. The van der Waals surface area contributed by atoms with Gasteiger partial charge >= 0.3 is 0 Å². The molecule has 3 aromatic carbocycles. The molecule has 0 aliphatic heterocycles. The van der Waals surface area contributed by atoms with Gasteiger partial charge < -0.3 is 0 Å². The van der Waals surface area contributed by atoms with Crippen molar-refractivity contribution in [2.75, 3.05) is 0 Å². The zero-order valence-electron chi connectivity index (χ0n) is 12.0. The van der Waals surface area contributed by atoms with Crippen LogP contribution in [0.25, 0.3) is 21.9 Å². The van der Waals surface area contributed by atoms with E-state index in [0.717, 1.165) is 0 Å². The molecule has 2 heteroatoms. The Bertz CT molecular complexity index is 891. The van der Waals surface area contributed by atoms with Crippen LogP contribution >= 0.6 is 25.3 Å². The highest BCUT2D eigenvalue weighted by Crippen LogP contribution is 2.56. The fourth-order valence-corrected chi connectivity index (χ4v) is 4.15. The fraction of sp³-hybridized carbons (Fsp3) is 0.158. The molecule has 3 aromatic rings. The smallest absolute Gasteiger partial charge is 0.107 e. The van der Waals surface area contributed by atoms with Crippen LogP contribution in [0.1, 0.15) is 22.3 Å². The lowest BCUT2D eigenvalue weighted by molar-refractivity contribution is 1.14. The summed E-state index contributed by atoms with van der Waals surface area (Å²) in [5.74, 6) is 0. The Morgan fingerprint density at radius 2 is 1.52 bits per heavy atom. The van der Waals surface area contributed by atoms with E-state index in [-0.39, 0.29) is 0 Å². The first-order valence-electron chi connectivity index (χ1n) is 7.09. The van der Waals surface area contributed by atoms with Crippen LogP contribution < -0.4 is 0 Å². The Morgan fingerprint density at radius 1 is 0.810 bits per heavy atom. The molecule has 0 amide bonds. The SMILES string of the molecule is Cc1ccc2c(c1)C(S)(S)c1cc(C)c3ccccc3c1-2. The minimum atomic E-state index is -0.522. The third kappa shape index (κ3) is 1.72.